The van der Waals surface area contributed by atoms with E-state index in [2.05, 4.69) is 0 Å². The van der Waals surface area contributed by atoms with Crippen LogP contribution in [-0.2, 0) is 4.74 Å². The quantitative estimate of drug-likeness (QED) is 0.556. The molecule has 2 aromatic carbocycles. The standard InChI is InChI=1S/C20H22O6/c1-22-15-9-8-13(17(11-15)24-3)6-7-14-10-16(23-2)12-18(25-4)19(14)20(21)26-5/h6-12H,1-5H3. The number of methoxy groups -OCH3 is 5. The number of carbonyl (C=O) groups is 1. The van der Waals surface area contributed by atoms with Crippen LogP contribution in [0.2, 0.25) is 0 Å². The molecule has 0 aliphatic carbocycles. The third-order valence-electron chi connectivity index (χ3n) is 3.83. The molecule has 6 heteroatoms. The van der Waals surface area contributed by atoms with Crippen LogP contribution in [0.5, 0.6) is 23.0 Å². The van der Waals surface area contributed by atoms with Crippen LogP contribution in [0.25, 0.3) is 12.2 Å². The van der Waals surface area contributed by atoms with Crippen LogP contribution in [-0.4, -0.2) is 41.5 Å². The van der Waals surface area contributed by atoms with Crippen molar-refractivity contribution in [1.29, 1.82) is 0 Å². The lowest BCUT2D eigenvalue weighted by atomic mass is 10.0. The summed E-state index contributed by atoms with van der Waals surface area (Å²) in [5, 5.41) is 0. The second-order valence-electron chi connectivity index (χ2n) is 5.23. The van der Waals surface area contributed by atoms with E-state index in [1.165, 1.54) is 14.2 Å². The molecule has 0 unspecified atom stereocenters. The molecule has 0 saturated heterocycles. The number of benzene rings is 2. The molecule has 0 aliphatic rings. The fourth-order valence-corrected chi connectivity index (χ4v) is 2.48. The summed E-state index contributed by atoms with van der Waals surface area (Å²) in [4.78, 5) is 12.2. The van der Waals surface area contributed by atoms with E-state index in [-0.39, 0.29) is 0 Å². The van der Waals surface area contributed by atoms with E-state index < -0.39 is 5.97 Å². The molecule has 0 radical (unpaired) electrons. The van der Waals surface area contributed by atoms with Gasteiger partial charge in [-0.3, -0.25) is 0 Å². The van der Waals surface area contributed by atoms with Crippen molar-refractivity contribution in [3.63, 3.8) is 0 Å². The summed E-state index contributed by atoms with van der Waals surface area (Å²) in [5.74, 6) is 1.78. The van der Waals surface area contributed by atoms with Gasteiger partial charge in [0.2, 0.25) is 0 Å². The summed E-state index contributed by atoms with van der Waals surface area (Å²) in [6, 6.07) is 8.85. The predicted octanol–water partition coefficient (Wildman–Crippen LogP) is 3.68. The van der Waals surface area contributed by atoms with Gasteiger partial charge in [-0.1, -0.05) is 12.2 Å². The largest absolute Gasteiger partial charge is 0.497 e. The van der Waals surface area contributed by atoms with E-state index in [0.717, 1.165) is 5.56 Å². The lowest BCUT2D eigenvalue weighted by Gasteiger charge is -2.13. The monoisotopic (exact) mass is 358 g/mol. The molecule has 0 fully saturated rings. The highest BCUT2D eigenvalue weighted by molar-refractivity contribution is 5.98. The Labute approximate surface area is 152 Å². The normalized spacial score (nSPS) is 10.5. The highest BCUT2D eigenvalue weighted by Gasteiger charge is 2.18. The van der Waals surface area contributed by atoms with Gasteiger partial charge in [0.15, 0.2) is 0 Å². The molecule has 26 heavy (non-hydrogen) atoms. The van der Waals surface area contributed by atoms with Gasteiger partial charge in [-0.2, -0.15) is 0 Å². The van der Waals surface area contributed by atoms with E-state index in [1.54, 1.807) is 45.6 Å². The molecule has 6 nitrogen and oxygen atoms in total. The molecule has 0 amide bonds. The zero-order valence-electron chi connectivity index (χ0n) is 15.5. The van der Waals surface area contributed by atoms with Gasteiger partial charge in [-0.05, 0) is 23.8 Å². The van der Waals surface area contributed by atoms with Crippen LogP contribution in [0, 0.1) is 0 Å². The van der Waals surface area contributed by atoms with E-state index >= 15 is 0 Å². The van der Waals surface area contributed by atoms with Crippen molar-refractivity contribution in [3.8, 4) is 23.0 Å². The second-order valence-corrected chi connectivity index (χ2v) is 5.23. The highest BCUT2D eigenvalue weighted by atomic mass is 16.5. The van der Waals surface area contributed by atoms with Crippen LogP contribution >= 0.6 is 0 Å². The molecule has 0 saturated carbocycles. The van der Waals surface area contributed by atoms with Crippen LogP contribution in [0.3, 0.4) is 0 Å². The molecule has 2 aromatic rings. The van der Waals surface area contributed by atoms with E-state index in [9.17, 15) is 4.79 Å². The molecule has 0 heterocycles. The van der Waals surface area contributed by atoms with Gasteiger partial charge in [0.25, 0.3) is 0 Å². The van der Waals surface area contributed by atoms with Crippen molar-refractivity contribution < 1.29 is 28.5 Å². The molecule has 138 valence electrons. The van der Waals surface area contributed by atoms with Gasteiger partial charge in [0, 0.05) is 17.7 Å². The predicted molar refractivity (Wildman–Crippen MR) is 99.4 cm³/mol. The van der Waals surface area contributed by atoms with Crippen LogP contribution in [0.4, 0.5) is 0 Å². The summed E-state index contributed by atoms with van der Waals surface area (Å²) in [5.41, 5.74) is 1.75. The summed E-state index contributed by atoms with van der Waals surface area (Å²) < 4.78 is 26.1. The Morgan fingerprint density at radius 1 is 0.731 bits per heavy atom. The highest BCUT2D eigenvalue weighted by Crippen LogP contribution is 2.32. The SMILES string of the molecule is COC(=O)c1c(C=Cc2ccc(OC)cc2OC)cc(OC)cc1OC. The Kier molecular flexibility index (Phi) is 6.49. The molecular weight excluding hydrogens is 336 g/mol. The Morgan fingerprint density at radius 3 is 1.92 bits per heavy atom. The smallest absolute Gasteiger partial charge is 0.342 e. The van der Waals surface area contributed by atoms with Crippen molar-refractivity contribution in [2.45, 2.75) is 0 Å². The van der Waals surface area contributed by atoms with Crippen LogP contribution < -0.4 is 18.9 Å². The topological polar surface area (TPSA) is 63.2 Å². The van der Waals surface area contributed by atoms with Crippen molar-refractivity contribution in [3.05, 3.63) is 47.0 Å². The number of ether oxygens (including phenoxy) is 5. The molecule has 0 atom stereocenters. The Morgan fingerprint density at radius 2 is 1.35 bits per heavy atom. The second kappa shape index (κ2) is 8.80. The maximum Gasteiger partial charge on any atom is 0.342 e. The first-order valence-corrected chi connectivity index (χ1v) is 7.82. The fourth-order valence-electron chi connectivity index (χ4n) is 2.48. The van der Waals surface area contributed by atoms with Crippen molar-refractivity contribution >= 4 is 18.1 Å². The maximum absolute atomic E-state index is 12.2. The summed E-state index contributed by atoms with van der Waals surface area (Å²) >= 11 is 0. The maximum atomic E-state index is 12.2. The Hall–Kier alpha value is -3.15. The number of carbonyl (C=O) groups excluding carboxylic acids is 1. The Balaban J connectivity index is 2.54. The number of rotatable bonds is 7. The van der Waals surface area contributed by atoms with Crippen molar-refractivity contribution in [1.82, 2.24) is 0 Å². The number of esters is 1. The van der Waals surface area contributed by atoms with Crippen molar-refractivity contribution in [2.24, 2.45) is 0 Å². The minimum absolute atomic E-state index is 0.319. The number of hydrogen-bond donors (Lipinski definition) is 0. The molecule has 0 spiro atoms. The lowest BCUT2D eigenvalue weighted by molar-refractivity contribution is 0.0597. The average molecular weight is 358 g/mol. The Bertz CT molecular complexity index is 810. The minimum atomic E-state index is -0.495. The lowest BCUT2D eigenvalue weighted by Crippen LogP contribution is -2.07. The van der Waals surface area contributed by atoms with Crippen LogP contribution in [0.15, 0.2) is 30.3 Å². The third kappa shape index (κ3) is 4.08. The number of hydrogen-bond acceptors (Lipinski definition) is 6. The average Bonchev–Trinajstić information content (AvgIpc) is 2.70. The van der Waals surface area contributed by atoms with Gasteiger partial charge in [-0.25, -0.2) is 4.79 Å². The zero-order chi connectivity index (χ0) is 19.1. The summed E-state index contributed by atoms with van der Waals surface area (Å²) in [7, 11) is 7.54. The zero-order valence-corrected chi connectivity index (χ0v) is 15.5. The van der Waals surface area contributed by atoms with Crippen molar-refractivity contribution in [2.75, 3.05) is 35.5 Å². The molecule has 0 aromatic heterocycles. The summed E-state index contributed by atoms with van der Waals surface area (Å²) in [6.45, 7) is 0. The van der Waals surface area contributed by atoms with Gasteiger partial charge < -0.3 is 23.7 Å². The van der Waals surface area contributed by atoms with Gasteiger partial charge in [-0.15, -0.1) is 0 Å². The fraction of sp³-hybridized carbons (Fsp3) is 0.250. The van der Waals surface area contributed by atoms with E-state index in [4.69, 9.17) is 23.7 Å². The summed E-state index contributed by atoms with van der Waals surface area (Å²) in [6.07, 6.45) is 3.61. The molecular formula is C20H22O6. The van der Waals surface area contributed by atoms with Crippen LogP contribution in [0.1, 0.15) is 21.5 Å². The van der Waals surface area contributed by atoms with Gasteiger partial charge in [0.1, 0.15) is 28.6 Å². The van der Waals surface area contributed by atoms with Gasteiger partial charge >= 0.3 is 5.97 Å². The minimum Gasteiger partial charge on any atom is -0.497 e. The molecule has 0 aliphatic heterocycles. The van der Waals surface area contributed by atoms with E-state index in [1.807, 2.05) is 18.2 Å². The van der Waals surface area contributed by atoms with E-state index in [0.29, 0.717) is 34.1 Å². The van der Waals surface area contributed by atoms with Gasteiger partial charge in [0.05, 0.1) is 35.5 Å². The molecule has 0 N–H and O–H groups in total. The third-order valence-corrected chi connectivity index (χ3v) is 3.83. The first-order chi connectivity index (χ1) is 12.6. The molecule has 2 rings (SSSR count). The molecule has 0 bridgehead atoms. The first-order valence-electron chi connectivity index (χ1n) is 7.82. The first kappa shape index (κ1) is 19.2.